The molecule has 0 saturated carbocycles. The normalized spacial score (nSPS) is 10.1. The highest BCUT2D eigenvalue weighted by atomic mass is 35.5. The third-order valence-electron chi connectivity index (χ3n) is 3.87. The van der Waals surface area contributed by atoms with Crippen LogP contribution in [0.15, 0.2) is 66.7 Å². The number of hydrogen-bond acceptors (Lipinski definition) is 4. The maximum Gasteiger partial charge on any atom is 0.349 e. The Hall–Kier alpha value is -3.29. The maximum atomic E-state index is 12.0. The monoisotopic (exact) mass is 377 g/mol. The molecule has 4 nitrogen and oxygen atoms in total. The number of nitrogens with zero attached hydrogens (tertiary/aromatic N) is 1. The molecule has 0 aliphatic carbocycles. The Labute approximate surface area is 162 Å². The van der Waals surface area contributed by atoms with Crippen molar-refractivity contribution in [3.63, 3.8) is 0 Å². The first kappa shape index (κ1) is 18.5. The molecule has 0 fully saturated rings. The van der Waals surface area contributed by atoms with Crippen LogP contribution in [0.3, 0.4) is 0 Å². The molecule has 0 heterocycles. The molecular weight excluding hydrogens is 362 g/mol. The minimum absolute atomic E-state index is 0.236. The molecular formula is C22H16ClNO3. The van der Waals surface area contributed by atoms with Crippen molar-refractivity contribution in [2.45, 2.75) is 6.92 Å². The fourth-order valence-corrected chi connectivity index (χ4v) is 2.64. The topological polar surface area (TPSA) is 59.3 Å². The Kier molecular flexibility index (Phi) is 5.75. The van der Waals surface area contributed by atoms with Gasteiger partial charge in [-0.1, -0.05) is 41.9 Å². The van der Waals surface area contributed by atoms with Gasteiger partial charge in [-0.2, -0.15) is 5.26 Å². The Balaban J connectivity index is 1.59. The van der Waals surface area contributed by atoms with E-state index in [9.17, 15) is 4.79 Å². The molecule has 0 aliphatic heterocycles. The van der Waals surface area contributed by atoms with Gasteiger partial charge in [-0.3, -0.25) is 0 Å². The average Bonchev–Trinajstić information content (AvgIpc) is 2.69. The summed E-state index contributed by atoms with van der Waals surface area (Å²) in [5.74, 6) is 0.361. The van der Waals surface area contributed by atoms with Crippen LogP contribution in [0, 0.1) is 18.3 Å². The number of ether oxygens (including phenoxy) is 2. The molecule has 0 aromatic heterocycles. The summed E-state index contributed by atoms with van der Waals surface area (Å²) < 4.78 is 10.7. The molecule has 0 N–H and O–H groups in total. The fraction of sp³-hybridized carbons (Fsp3) is 0.0909. The Morgan fingerprint density at radius 1 is 1.00 bits per heavy atom. The predicted octanol–water partition coefficient (Wildman–Crippen LogP) is 5.17. The van der Waals surface area contributed by atoms with E-state index in [1.54, 1.807) is 36.4 Å². The summed E-state index contributed by atoms with van der Waals surface area (Å²) in [6.07, 6.45) is 0. The van der Waals surface area contributed by atoms with Gasteiger partial charge in [0.05, 0.1) is 16.7 Å². The van der Waals surface area contributed by atoms with Crippen LogP contribution < -0.4 is 9.47 Å². The number of carbonyl (C=O) groups excluding carboxylic acids is 1. The Bertz CT molecular complexity index is 990. The summed E-state index contributed by atoms with van der Waals surface area (Å²) in [5, 5.41) is 9.29. The quantitative estimate of drug-likeness (QED) is 0.454. The highest BCUT2D eigenvalue weighted by Gasteiger charge is 2.09. The molecule has 0 amide bonds. The fourth-order valence-electron chi connectivity index (χ4n) is 2.47. The minimum atomic E-state index is -0.515. The van der Waals surface area contributed by atoms with Crippen molar-refractivity contribution in [3.8, 4) is 28.7 Å². The highest BCUT2D eigenvalue weighted by molar-refractivity contribution is 6.32. The third-order valence-corrected chi connectivity index (χ3v) is 4.18. The molecule has 0 bridgehead atoms. The van der Waals surface area contributed by atoms with Crippen LogP contribution in [0.25, 0.3) is 11.1 Å². The van der Waals surface area contributed by atoms with Gasteiger partial charge in [0.2, 0.25) is 0 Å². The van der Waals surface area contributed by atoms with E-state index >= 15 is 0 Å². The first-order valence-corrected chi connectivity index (χ1v) is 8.63. The zero-order valence-corrected chi connectivity index (χ0v) is 15.4. The lowest BCUT2D eigenvalue weighted by Gasteiger charge is -2.09. The van der Waals surface area contributed by atoms with Gasteiger partial charge in [-0.15, -0.1) is 0 Å². The molecule has 0 radical (unpaired) electrons. The molecule has 0 saturated heterocycles. The molecule has 134 valence electrons. The van der Waals surface area contributed by atoms with Gasteiger partial charge >= 0.3 is 5.97 Å². The summed E-state index contributed by atoms with van der Waals surface area (Å²) in [5.41, 5.74) is 3.53. The van der Waals surface area contributed by atoms with Gasteiger partial charge in [0, 0.05) is 0 Å². The van der Waals surface area contributed by atoms with Crippen molar-refractivity contribution in [1.29, 1.82) is 5.26 Å². The standard InChI is InChI=1S/C22H16ClNO3/c1-15-2-11-20(23)21(12-15)26-14-22(25)27-19-9-7-18(8-10-19)17-5-3-16(13-24)4-6-17/h2-12H,14H2,1H3. The van der Waals surface area contributed by atoms with Crippen LogP contribution in [-0.2, 0) is 4.79 Å². The molecule has 27 heavy (non-hydrogen) atoms. The molecule has 0 unspecified atom stereocenters. The second-order valence-corrected chi connectivity index (χ2v) is 6.32. The van der Waals surface area contributed by atoms with Gasteiger partial charge in [0.15, 0.2) is 6.61 Å². The second-order valence-electron chi connectivity index (χ2n) is 5.91. The minimum Gasteiger partial charge on any atom is -0.480 e. The lowest BCUT2D eigenvalue weighted by Crippen LogP contribution is -2.17. The van der Waals surface area contributed by atoms with Gasteiger partial charge in [-0.05, 0) is 60.0 Å². The Morgan fingerprint density at radius 3 is 2.26 bits per heavy atom. The zero-order chi connectivity index (χ0) is 19.2. The number of nitriles is 1. The van der Waals surface area contributed by atoms with Gasteiger partial charge in [0.1, 0.15) is 11.5 Å². The Morgan fingerprint density at radius 2 is 1.63 bits per heavy atom. The van der Waals surface area contributed by atoms with Crippen LogP contribution in [0.4, 0.5) is 0 Å². The number of esters is 1. The zero-order valence-electron chi connectivity index (χ0n) is 14.6. The molecule has 3 aromatic rings. The van der Waals surface area contributed by atoms with Crippen molar-refractivity contribution < 1.29 is 14.3 Å². The summed E-state index contributed by atoms with van der Waals surface area (Å²) in [7, 11) is 0. The largest absolute Gasteiger partial charge is 0.480 e. The van der Waals surface area contributed by atoms with Crippen molar-refractivity contribution in [2.24, 2.45) is 0 Å². The van der Waals surface area contributed by atoms with Gasteiger partial charge in [0.25, 0.3) is 0 Å². The van der Waals surface area contributed by atoms with E-state index < -0.39 is 5.97 Å². The van der Waals surface area contributed by atoms with E-state index in [0.717, 1.165) is 16.7 Å². The molecule has 0 aliphatic rings. The molecule has 3 rings (SSSR count). The lowest BCUT2D eigenvalue weighted by molar-refractivity contribution is -0.136. The van der Waals surface area contributed by atoms with E-state index in [1.165, 1.54) is 0 Å². The van der Waals surface area contributed by atoms with E-state index in [2.05, 4.69) is 6.07 Å². The van der Waals surface area contributed by atoms with E-state index in [4.69, 9.17) is 26.3 Å². The number of aryl methyl sites for hydroxylation is 1. The highest BCUT2D eigenvalue weighted by Crippen LogP contribution is 2.26. The summed E-state index contributed by atoms with van der Waals surface area (Å²) in [4.78, 5) is 12.0. The molecule has 0 spiro atoms. The number of rotatable bonds is 5. The maximum absolute atomic E-state index is 12.0. The van der Waals surface area contributed by atoms with Crippen LogP contribution in [0.1, 0.15) is 11.1 Å². The predicted molar refractivity (Wildman–Crippen MR) is 104 cm³/mol. The van der Waals surface area contributed by atoms with Crippen LogP contribution in [-0.4, -0.2) is 12.6 Å². The average molecular weight is 378 g/mol. The van der Waals surface area contributed by atoms with Crippen molar-refractivity contribution in [3.05, 3.63) is 82.9 Å². The van der Waals surface area contributed by atoms with Gasteiger partial charge < -0.3 is 9.47 Å². The van der Waals surface area contributed by atoms with Crippen LogP contribution in [0.5, 0.6) is 11.5 Å². The van der Waals surface area contributed by atoms with Crippen molar-refractivity contribution >= 4 is 17.6 Å². The number of carbonyl (C=O) groups is 1. The number of hydrogen-bond donors (Lipinski definition) is 0. The summed E-state index contributed by atoms with van der Waals surface area (Å²) in [6, 6.07) is 21.8. The van der Waals surface area contributed by atoms with E-state index in [0.29, 0.717) is 22.1 Å². The third kappa shape index (κ3) is 4.87. The van der Waals surface area contributed by atoms with Crippen molar-refractivity contribution in [1.82, 2.24) is 0 Å². The van der Waals surface area contributed by atoms with Crippen molar-refractivity contribution in [2.75, 3.05) is 6.61 Å². The van der Waals surface area contributed by atoms with Crippen LogP contribution >= 0.6 is 11.6 Å². The molecule has 3 aromatic carbocycles. The number of benzene rings is 3. The number of halogens is 1. The summed E-state index contributed by atoms with van der Waals surface area (Å²) in [6.45, 7) is 1.68. The smallest absolute Gasteiger partial charge is 0.349 e. The van der Waals surface area contributed by atoms with E-state index in [1.807, 2.05) is 37.3 Å². The molecule has 5 heteroatoms. The molecule has 0 atom stereocenters. The van der Waals surface area contributed by atoms with E-state index in [-0.39, 0.29) is 6.61 Å². The van der Waals surface area contributed by atoms with Crippen LogP contribution in [0.2, 0.25) is 5.02 Å². The summed E-state index contributed by atoms with van der Waals surface area (Å²) >= 11 is 6.04. The second kappa shape index (κ2) is 8.39. The van der Waals surface area contributed by atoms with Gasteiger partial charge in [-0.25, -0.2) is 4.79 Å². The lowest BCUT2D eigenvalue weighted by atomic mass is 10.0. The SMILES string of the molecule is Cc1ccc(Cl)c(OCC(=O)Oc2ccc(-c3ccc(C#N)cc3)cc2)c1. The first-order chi connectivity index (χ1) is 13.0. The first-order valence-electron chi connectivity index (χ1n) is 8.25.